The van der Waals surface area contributed by atoms with E-state index in [1.807, 2.05) is 12.1 Å². The molecule has 0 spiro atoms. The Morgan fingerprint density at radius 1 is 1.11 bits per heavy atom. The van der Waals surface area contributed by atoms with Crippen molar-refractivity contribution >= 4 is 11.4 Å². The fourth-order valence-electron chi connectivity index (χ4n) is 2.25. The van der Waals surface area contributed by atoms with E-state index in [1.54, 1.807) is 5.23 Å². The number of fused-ring (bicyclic) bond motifs is 1. The van der Waals surface area contributed by atoms with Gasteiger partial charge < -0.3 is 5.32 Å². The molecule has 3 rings (SSSR count). The summed E-state index contributed by atoms with van der Waals surface area (Å²) in [6, 6.07) is 6.17. The Kier molecular flexibility index (Phi) is 2.37. The highest BCUT2D eigenvalue weighted by Crippen LogP contribution is 2.42. The quantitative estimate of drug-likeness (QED) is 0.828. The summed E-state index contributed by atoms with van der Waals surface area (Å²) in [5.41, 5.74) is 2.77. The molecule has 2 aliphatic rings. The second-order valence-electron chi connectivity index (χ2n) is 5.94. The molecule has 1 saturated heterocycles. The van der Waals surface area contributed by atoms with Crippen molar-refractivity contribution in [2.75, 3.05) is 17.1 Å². The van der Waals surface area contributed by atoms with Gasteiger partial charge in [-0.05, 0) is 46.2 Å². The topological polar surface area (TPSA) is 33.7 Å². The van der Waals surface area contributed by atoms with Crippen LogP contribution in [0.15, 0.2) is 18.2 Å². The lowest BCUT2D eigenvalue weighted by atomic mass is 9.90. The van der Waals surface area contributed by atoms with Crippen LogP contribution in [0.3, 0.4) is 0 Å². The number of rotatable bonds is 1. The Hall–Kier alpha value is -1.26. The van der Waals surface area contributed by atoms with Gasteiger partial charge in [-0.1, -0.05) is 6.07 Å². The van der Waals surface area contributed by atoms with E-state index in [-0.39, 0.29) is 11.2 Å². The van der Waals surface area contributed by atoms with Crippen molar-refractivity contribution in [3.05, 3.63) is 23.8 Å². The second kappa shape index (κ2) is 3.62. The van der Waals surface area contributed by atoms with E-state index >= 15 is 0 Å². The molecule has 0 amide bonds. The maximum absolute atomic E-state index is 5.96. The lowest BCUT2D eigenvalue weighted by Gasteiger charge is -2.26. The molecule has 4 nitrogen and oxygen atoms in total. The number of hydrogen-bond donors (Lipinski definition) is 1. The number of benzene rings is 1. The van der Waals surface area contributed by atoms with Gasteiger partial charge >= 0.3 is 0 Å². The molecule has 0 aromatic heterocycles. The maximum atomic E-state index is 5.96. The number of nitrogens with zero attached hydrogens (tertiary/aromatic N) is 1. The van der Waals surface area contributed by atoms with E-state index in [9.17, 15) is 0 Å². The molecule has 2 aliphatic heterocycles. The van der Waals surface area contributed by atoms with Gasteiger partial charge in [-0.2, -0.15) is 0 Å². The third kappa shape index (κ3) is 1.60. The van der Waals surface area contributed by atoms with Crippen LogP contribution in [-0.4, -0.2) is 17.7 Å². The molecule has 1 N–H and O–H groups in total. The molecular weight excluding hydrogens is 228 g/mol. The molecule has 98 valence electrons. The number of nitrogens with one attached hydrogen (secondary N) is 1. The Labute approximate surface area is 108 Å². The fraction of sp³-hybridized carbons (Fsp3) is 0.571. The van der Waals surface area contributed by atoms with Crippen molar-refractivity contribution in [1.29, 1.82) is 0 Å². The summed E-state index contributed by atoms with van der Waals surface area (Å²) in [6.45, 7) is 9.18. The largest absolute Gasteiger partial charge is 0.384 e. The summed E-state index contributed by atoms with van der Waals surface area (Å²) in [5.74, 6) is 0. The average Bonchev–Trinajstić information content (AvgIpc) is 2.81. The van der Waals surface area contributed by atoms with E-state index in [1.165, 1.54) is 11.3 Å². The smallest absolute Gasteiger partial charge is 0.124 e. The molecule has 1 aromatic rings. The zero-order valence-corrected chi connectivity index (χ0v) is 11.4. The summed E-state index contributed by atoms with van der Waals surface area (Å²) >= 11 is 0. The molecule has 1 aromatic carbocycles. The van der Waals surface area contributed by atoms with Crippen LogP contribution in [0.25, 0.3) is 0 Å². The number of hydrogen-bond acceptors (Lipinski definition) is 4. The van der Waals surface area contributed by atoms with Crippen LogP contribution in [-0.2, 0) is 16.1 Å². The highest BCUT2D eigenvalue weighted by molar-refractivity contribution is 5.68. The van der Waals surface area contributed by atoms with Crippen molar-refractivity contribution < 1.29 is 9.68 Å². The van der Waals surface area contributed by atoms with E-state index in [2.05, 4.69) is 39.1 Å². The molecule has 0 aliphatic carbocycles. The Balaban J connectivity index is 1.97. The first-order valence-electron chi connectivity index (χ1n) is 6.45. The van der Waals surface area contributed by atoms with Crippen LogP contribution < -0.4 is 10.5 Å². The SMILES string of the molecule is CC1(C)ON(c2cccc3c2CCN3)OC1(C)C. The van der Waals surface area contributed by atoms with Crippen LogP contribution in [0.2, 0.25) is 0 Å². The summed E-state index contributed by atoms with van der Waals surface area (Å²) in [6.07, 6.45) is 1.01. The molecule has 0 radical (unpaired) electrons. The molecule has 2 heterocycles. The first-order chi connectivity index (χ1) is 8.41. The maximum Gasteiger partial charge on any atom is 0.124 e. The zero-order valence-electron chi connectivity index (χ0n) is 11.4. The lowest BCUT2D eigenvalue weighted by molar-refractivity contribution is -0.0275. The highest BCUT2D eigenvalue weighted by atomic mass is 17.0. The third-order valence-electron chi connectivity index (χ3n) is 4.11. The molecular formula is C14H20N2O2. The van der Waals surface area contributed by atoms with E-state index < -0.39 is 0 Å². The van der Waals surface area contributed by atoms with Crippen LogP contribution in [0, 0.1) is 0 Å². The van der Waals surface area contributed by atoms with Gasteiger partial charge in [0.2, 0.25) is 0 Å². The Morgan fingerprint density at radius 2 is 1.78 bits per heavy atom. The highest BCUT2D eigenvalue weighted by Gasteiger charge is 2.50. The van der Waals surface area contributed by atoms with Gasteiger partial charge in [-0.25, -0.2) is 9.68 Å². The molecule has 0 unspecified atom stereocenters. The summed E-state index contributed by atoms with van der Waals surface area (Å²) in [4.78, 5) is 11.9. The second-order valence-corrected chi connectivity index (χ2v) is 5.94. The van der Waals surface area contributed by atoms with Gasteiger partial charge in [0.1, 0.15) is 16.9 Å². The Bertz CT molecular complexity index is 467. The minimum atomic E-state index is -0.345. The van der Waals surface area contributed by atoms with Crippen LogP contribution in [0.4, 0.5) is 11.4 Å². The summed E-state index contributed by atoms with van der Waals surface area (Å²) in [7, 11) is 0. The van der Waals surface area contributed by atoms with Crippen molar-refractivity contribution in [3.63, 3.8) is 0 Å². The minimum absolute atomic E-state index is 0.345. The van der Waals surface area contributed by atoms with Gasteiger partial charge in [0, 0.05) is 17.8 Å². The van der Waals surface area contributed by atoms with Crippen molar-refractivity contribution in [1.82, 2.24) is 0 Å². The van der Waals surface area contributed by atoms with E-state index in [0.717, 1.165) is 18.7 Å². The lowest BCUT2D eigenvalue weighted by Crippen LogP contribution is -2.41. The Morgan fingerprint density at radius 3 is 2.44 bits per heavy atom. The normalized spacial score (nSPS) is 23.9. The molecule has 1 fully saturated rings. The monoisotopic (exact) mass is 248 g/mol. The predicted molar refractivity (Wildman–Crippen MR) is 71.4 cm³/mol. The molecule has 0 saturated carbocycles. The summed E-state index contributed by atoms with van der Waals surface area (Å²) < 4.78 is 0. The van der Waals surface area contributed by atoms with Crippen LogP contribution in [0.5, 0.6) is 0 Å². The van der Waals surface area contributed by atoms with Gasteiger partial charge in [0.25, 0.3) is 0 Å². The van der Waals surface area contributed by atoms with Gasteiger partial charge in [0.05, 0.1) is 0 Å². The fourth-order valence-corrected chi connectivity index (χ4v) is 2.25. The van der Waals surface area contributed by atoms with Crippen molar-refractivity contribution in [2.45, 2.75) is 45.3 Å². The molecule has 18 heavy (non-hydrogen) atoms. The number of anilines is 2. The van der Waals surface area contributed by atoms with E-state index in [0.29, 0.717) is 0 Å². The van der Waals surface area contributed by atoms with Crippen LogP contribution in [0.1, 0.15) is 33.3 Å². The average molecular weight is 248 g/mol. The zero-order chi connectivity index (χ0) is 13.0. The molecule has 4 heteroatoms. The molecule has 0 atom stereocenters. The standard InChI is InChI=1S/C14H20N2O2/c1-13(2)14(3,4)18-16(17-13)12-7-5-6-11-10(12)8-9-15-11/h5-7,15H,8-9H2,1-4H3. The molecule has 0 bridgehead atoms. The van der Waals surface area contributed by atoms with E-state index in [4.69, 9.17) is 9.68 Å². The first kappa shape index (κ1) is 11.8. The van der Waals surface area contributed by atoms with Crippen molar-refractivity contribution in [3.8, 4) is 0 Å². The third-order valence-corrected chi connectivity index (χ3v) is 4.11. The first-order valence-corrected chi connectivity index (χ1v) is 6.45. The van der Waals surface area contributed by atoms with Gasteiger partial charge in [0.15, 0.2) is 0 Å². The van der Waals surface area contributed by atoms with Gasteiger partial charge in [-0.3, -0.25) is 0 Å². The van der Waals surface area contributed by atoms with Crippen molar-refractivity contribution in [2.24, 2.45) is 0 Å². The predicted octanol–water partition coefficient (Wildman–Crippen LogP) is 2.90. The summed E-state index contributed by atoms with van der Waals surface area (Å²) in [5, 5.41) is 4.96. The van der Waals surface area contributed by atoms with Gasteiger partial charge in [-0.15, -0.1) is 5.23 Å². The minimum Gasteiger partial charge on any atom is -0.384 e. The van der Waals surface area contributed by atoms with Crippen LogP contribution >= 0.6 is 0 Å².